The number of imidazole rings is 1. The van der Waals surface area contributed by atoms with E-state index in [9.17, 15) is 0 Å². The summed E-state index contributed by atoms with van der Waals surface area (Å²) in [4.78, 5) is 7.40. The molecule has 2 N–H and O–H groups in total. The Morgan fingerprint density at radius 3 is 3.00 bits per heavy atom. The lowest BCUT2D eigenvalue weighted by atomic mass is 10.2. The summed E-state index contributed by atoms with van der Waals surface area (Å²) < 4.78 is 1.81. The van der Waals surface area contributed by atoms with E-state index in [1.807, 2.05) is 30.3 Å². The van der Waals surface area contributed by atoms with Gasteiger partial charge in [-0.1, -0.05) is 6.92 Å². The van der Waals surface area contributed by atoms with E-state index < -0.39 is 0 Å². The molecule has 0 aliphatic heterocycles. The van der Waals surface area contributed by atoms with Crippen molar-refractivity contribution in [3.05, 3.63) is 36.2 Å². The molecule has 5 nitrogen and oxygen atoms in total. The number of H-pyrrole nitrogens is 1. The molecule has 0 fully saturated rings. The molecule has 0 saturated carbocycles. The Labute approximate surface area is 94.9 Å². The van der Waals surface area contributed by atoms with Crippen LogP contribution in [0.5, 0.6) is 0 Å². The van der Waals surface area contributed by atoms with Crippen molar-refractivity contribution in [2.24, 2.45) is 7.05 Å². The molecule has 0 aromatic carbocycles. The third-order valence-corrected chi connectivity index (χ3v) is 2.57. The van der Waals surface area contributed by atoms with Crippen LogP contribution in [-0.2, 0) is 13.6 Å². The minimum atomic E-state index is 0.273. The number of aromatic amines is 1. The van der Waals surface area contributed by atoms with Crippen molar-refractivity contribution in [2.45, 2.75) is 25.9 Å². The lowest BCUT2D eigenvalue weighted by molar-refractivity contribution is 0.497. The van der Waals surface area contributed by atoms with E-state index in [2.05, 4.69) is 27.3 Å². The van der Waals surface area contributed by atoms with Crippen molar-refractivity contribution in [2.75, 3.05) is 0 Å². The maximum Gasteiger partial charge on any atom is 0.123 e. The van der Waals surface area contributed by atoms with Gasteiger partial charge in [0.25, 0.3) is 0 Å². The van der Waals surface area contributed by atoms with Crippen LogP contribution in [0.2, 0.25) is 0 Å². The van der Waals surface area contributed by atoms with Gasteiger partial charge in [0.2, 0.25) is 0 Å². The zero-order valence-corrected chi connectivity index (χ0v) is 9.64. The molecule has 86 valence electrons. The van der Waals surface area contributed by atoms with Crippen molar-refractivity contribution < 1.29 is 0 Å². The molecule has 0 bridgehead atoms. The Morgan fingerprint density at radius 2 is 2.44 bits per heavy atom. The average Bonchev–Trinajstić information content (AvgIpc) is 2.91. The molecular formula is C11H17N5. The molecule has 0 spiro atoms. The predicted octanol–water partition coefficient (Wildman–Crippen LogP) is 1.38. The summed E-state index contributed by atoms with van der Waals surface area (Å²) in [5.41, 5.74) is 1.19. The van der Waals surface area contributed by atoms with Gasteiger partial charge in [0.1, 0.15) is 5.82 Å². The first-order chi connectivity index (χ1) is 7.79. The van der Waals surface area contributed by atoms with Crippen LogP contribution in [0.3, 0.4) is 0 Å². The van der Waals surface area contributed by atoms with Gasteiger partial charge < -0.3 is 10.3 Å². The average molecular weight is 219 g/mol. The highest BCUT2D eigenvalue weighted by atomic mass is 15.2. The van der Waals surface area contributed by atoms with Gasteiger partial charge in [-0.05, 0) is 6.42 Å². The lowest BCUT2D eigenvalue weighted by Crippen LogP contribution is -2.21. The van der Waals surface area contributed by atoms with Gasteiger partial charge in [-0.2, -0.15) is 5.10 Å². The normalized spacial score (nSPS) is 12.9. The number of nitrogens with zero attached hydrogens (tertiary/aromatic N) is 3. The highest BCUT2D eigenvalue weighted by Gasteiger charge is 2.10. The van der Waals surface area contributed by atoms with Gasteiger partial charge in [-0.15, -0.1) is 0 Å². The molecule has 2 heterocycles. The highest BCUT2D eigenvalue weighted by Crippen LogP contribution is 2.12. The Bertz CT molecular complexity index is 417. The topological polar surface area (TPSA) is 58.5 Å². The van der Waals surface area contributed by atoms with Crippen LogP contribution >= 0.6 is 0 Å². The molecule has 0 aliphatic rings. The van der Waals surface area contributed by atoms with Crippen molar-refractivity contribution in [3.63, 3.8) is 0 Å². The third-order valence-electron chi connectivity index (χ3n) is 2.57. The van der Waals surface area contributed by atoms with Crippen LogP contribution in [0.1, 0.15) is 30.8 Å². The summed E-state index contributed by atoms with van der Waals surface area (Å²) in [7, 11) is 1.92. The van der Waals surface area contributed by atoms with Crippen LogP contribution in [0.4, 0.5) is 0 Å². The van der Waals surface area contributed by atoms with Gasteiger partial charge in [0, 0.05) is 37.7 Å². The fourth-order valence-electron chi connectivity index (χ4n) is 1.71. The number of rotatable bonds is 5. The summed E-state index contributed by atoms with van der Waals surface area (Å²) in [6.45, 7) is 2.95. The van der Waals surface area contributed by atoms with Crippen molar-refractivity contribution in [1.29, 1.82) is 0 Å². The van der Waals surface area contributed by atoms with E-state index in [0.717, 1.165) is 18.8 Å². The van der Waals surface area contributed by atoms with Gasteiger partial charge >= 0.3 is 0 Å². The van der Waals surface area contributed by atoms with Crippen molar-refractivity contribution >= 4 is 0 Å². The van der Waals surface area contributed by atoms with Crippen molar-refractivity contribution in [1.82, 2.24) is 25.1 Å². The van der Waals surface area contributed by atoms with Crippen LogP contribution in [-0.4, -0.2) is 19.7 Å². The molecule has 1 unspecified atom stereocenters. The number of aromatic nitrogens is 4. The lowest BCUT2D eigenvalue weighted by Gasteiger charge is -2.13. The van der Waals surface area contributed by atoms with Crippen LogP contribution < -0.4 is 5.32 Å². The summed E-state index contributed by atoms with van der Waals surface area (Å²) >= 11 is 0. The molecule has 1 atom stereocenters. The molecule has 2 aromatic rings. The quantitative estimate of drug-likeness (QED) is 0.798. The summed E-state index contributed by atoms with van der Waals surface area (Å²) in [6, 6.07) is 0.273. The van der Waals surface area contributed by atoms with Crippen LogP contribution in [0.15, 0.2) is 24.8 Å². The maximum absolute atomic E-state index is 4.27. The van der Waals surface area contributed by atoms with Gasteiger partial charge in [-0.3, -0.25) is 4.68 Å². The fraction of sp³-hybridized carbons (Fsp3) is 0.455. The van der Waals surface area contributed by atoms with E-state index in [1.165, 1.54) is 5.56 Å². The van der Waals surface area contributed by atoms with Crippen molar-refractivity contribution in [3.8, 4) is 0 Å². The largest absolute Gasteiger partial charge is 0.347 e. The Kier molecular flexibility index (Phi) is 3.36. The molecule has 0 radical (unpaired) electrons. The highest BCUT2D eigenvalue weighted by molar-refractivity contribution is 5.04. The van der Waals surface area contributed by atoms with Crippen LogP contribution in [0, 0.1) is 0 Å². The number of hydrogen-bond acceptors (Lipinski definition) is 3. The van der Waals surface area contributed by atoms with E-state index in [4.69, 9.17) is 0 Å². The zero-order valence-electron chi connectivity index (χ0n) is 9.64. The van der Waals surface area contributed by atoms with Crippen LogP contribution in [0.25, 0.3) is 0 Å². The maximum atomic E-state index is 4.27. The second kappa shape index (κ2) is 4.94. The van der Waals surface area contributed by atoms with E-state index in [0.29, 0.717) is 0 Å². The van der Waals surface area contributed by atoms with E-state index in [-0.39, 0.29) is 6.04 Å². The van der Waals surface area contributed by atoms with E-state index >= 15 is 0 Å². The minimum absolute atomic E-state index is 0.273. The monoisotopic (exact) mass is 219 g/mol. The number of hydrogen-bond donors (Lipinski definition) is 2. The second-order valence-electron chi connectivity index (χ2n) is 3.84. The molecule has 5 heteroatoms. The second-order valence-corrected chi connectivity index (χ2v) is 3.84. The Balaban J connectivity index is 1.93. The number of nitrogens with one attached hydrogen (secondary N) is 2. The van der Waals surface area contributed by atoms with Gasteiger partial charge in [0.15, 0.2) is 0 Å². The molecule has 2 rings (SSSR count). The molecule has 16 heavy (non-hydrogen) atoms. The van der Waals surface area contributed by atoms with Gasteiger partial charge in [0.05, 0.1) is 12.2 Å². The molecule has 0 saturated heterocycles. The molecule has 0 aliphatic carbocycles. The SMILES string of the molecule is CCC(NCc1cnn(C)c1)c1ncc[nH]1. The Morgan fingerprint density at radius 1 is 1.56 bits per heavy atom. The smallest absolute Gasteiger partial charge is 0.123 e. The summed E-state index contributed by atoms with van der Waals surface area (Å²) in [5, 5.41) is 7.59. The number of aryl methyl sites for hydroxylation is 1. The first-order valence-electron chi connectivity index (χ1n) is 5.49. The Hall–Kier alpha value is -1.62. The third kappa shape index (κ3) is 2.49. The summed E-state index contributed by atoms with van der Waals surface area (Å²) in [6.07, 6.45) is 8.53. The molecular weight excluding hydrogens is 202 g/mol. The minimum Gasteiger partial charge on any atom is -0.347 e. The fourth-order valence-corrected chi connectivity index (χ4v) is 1.71. The summed E-state index contributed by atoms with van der Waals surface area (Å²) in [5.74, 6) is 0.992. The first kappa shape index (κ1) is 10.9. The van der Waals surface area contributed by atoms with Gasteiger partial charge in [-0.25, -0.2) is 4.98 Å². The molecule has 0 amide bonds. The predicted molar refractivity (Wildman–Crippen MR) is 61.7 cm³/mol. The first-order valence-corrected chi connectivity index (χ1v) is 5.49. The zero-order chi connectivity index (χ0) is 11.4. The van der Waals surface area contributed by atoms with E-state index in [1.54, 1.807) is 6.20 Å². The molecule has 2 aromatic heterocycles. The standard InChI is InChI=1S/C11H17N5/c1-3-10(11-12-4-5-13-11)14-6-9-7-15-16(2)8-9/h4-5,7-8,10,14H,3,6H2,1-2H3,(H,12,13).